The summed E-state index contributed by atoms with van der Waals surface area (Å²) in [7, 11) is 1.30. The summed E-state index contributed by atoms with van der Waals surface area (Å²) in [6.07, 6.45) is 0. The van der Waals surface area contributed by atoms with E-state index in [-0.39, 0.29) is 11.4 Å². The van der Waals surface area contributed by atoms with Crippen molar-refractivity contribution in [3.63, 3.8) is 0 Å². The summed E-state index contributed by atoms with van der Waals surface area (Å²) >= 11 is 0. The molecule has 0 bridgehead atoms. The molecule has 0 fully saturated rings. The van der Waals surface area contributed by atoms with Crippen molar-refractivity contribution in [1.29, 1.82) is 0 Å². The molecule has 1 N–H and O–H groups in total. The van der Waals surface area contributed by atoms with Gasteiger partial charge >= 0.3 is 5.97 Å². The average Bonchev–Trinajstić information content (AvgIpc) is 2.53. The minimum atomic E-state index is -0.507. The second kappa shape index (κ2) is 6.70. The topological polar surface area (TPSA) is 38.3 Å². The molecule has 3 nitrogen and oxygen atoms in total. The lowest BCUT2D eigenvalue weighted by atomic mass is 9.99. The number of carbonyl (C=O) groups is 1. The van der Waals surface area contributed by atoms with Crippen molar-refractivity contribution < 1.29 is 13.9 Å². The van der Waals surface area contributed by atoms with Crippen molar-refractivity contribution in [2.75, 3.05) is 12.4 Å². The van der Waals surface area contributed by atoms with E-state index in [1.54, 1.807) is 12.1 Å². The highest BCUT2D eigenvalue weighted by atomic mass is 19.1. The third-order valence-electron chi connectivity index (χ3n) is 3.08. The maximum Gasteiger partial charge on any atom is 0.335 e. The van der Waals surface area contributed by atoms with E-state index in [0.29, 0.717) is 0 Å². The third-order valence-corrected chi connectivity index (χ3v) is 3.08. The van der Waals surface area contributed by atoms with Crippen LogP contribution in [-0.2, 0) is 9.53 Å². The molecule has 0 spiro atoms. The molecule has 1 atom stereocenters. The van der Waals surface area contributed by atoms with Gasteiger partial charge in [0.2, 0.25) is 0 Å². The fraction of sp³-hybridized carbons (Fsp3) is 0.118. The molecule has 0 amide bonds. The molecule has 2 aromatic carbocycles. The van der Waals surface area contributed by atoms with E-state index in [2.05, 4.69) is 11.9 Å². The molecule has 2 rings (SSSR count). The summed E-state index contributed by atoms with van der Waals surface area (Å²) < 4.78 is 17.8. The molecule has 108 valence electrons. The highest BCUT2D eigenvalue weighted by Crippen LogP contribution is 2.26. The summed E-state index contributed by atoms with van der Waals surface area (Å²) in [6, 6.07) is 14.8. The Balaban J connectivity index is 2.32. The van der Waals surface area contributed by atoms with Crippen molar-refractivity contribution in [1.82, 2.24) is 0 Å². The summed E-state index contributed by atoms with van der Waals surface area (Å²) in [5.41, 5.74) is 1.82. The average molecular weight is 285 g/mol. The molecule has 1 unspecified atom stereocenters. The van der Waals surface area contributed by atoms with Gasteiger partial charge in [-0.1, -0.05) is 36.9 Å². The summed E-state index contributed by atoms with van der Waals surface area (Å²) in [4.78, 5) is 11.7. The van der Waals surface area contributed by atoms with Crippen molar-refractivity contribution in [3.8, 4) is 0 Å². The van der Waals surface area contributed by atoms with Gasteiger partial charge in [0.15, 0.2) is 0 Å². The van der Waals surface area contributed by atoms with Gasteiger partial charge in [0.1, 0.15) is 5.82 Å². The van der Waals surface area contributed by atoms with E-state index in [1.165, 1.54) is 19.2 Å². The van der Waals surface area contributed by atoms with E-state index in [4.69, 9.17) is 4.74 Å². The van der Waals surface area contributed by atoms with E-state index in [0.717, 1.165) is 11.3 Å². The van der Waals surface area contributed by atoms with Gasteiger partial charge in [0.05, 0.1) is 18.7 Å². The second-order valence-corrected chi connectivity index (χ2v) is 4.51. The van der Waals surface area contributed by atoms with Crippen LogP contribution in [0.5, 0.6) is 0 Å². The fourth-order valence-corrected chi connectivity index (χ4v) is 1.98. The molecule has 0 aliphatic carbocycles. The van der Waals surface area contributed by atoms with Crippen molar-refractivity contribution in [2.24, 2.45) is 0 Å². The van der Waals surface area contributed by atoms with Crippen LogP contribution in [0.15, 0.2) is 66.7 Å². The van der Waals surface area contributed by atoms with E-state index in [1.807, 2.05) is 30.3 Å². The van der Waals surface area contributed by atoms with Crippen molar-refractivity contribution in [3.05, 3.63) is 78.1 Å². The Labute approximate surface area is 123 Å². The van der Waals surface area contributed by atoms with E-state index < -0.39 is 12.0 Å². The number of anilines is 1. The van der Waals surface area contributed by atoms with Crippen LogP contribution in [-0.4, -0.2) is 13.1 Å². The minimum Gasteiger partial charge on any atom is -0.466 e. The molecule has 0 aliphatic rings. The highest BCUT2D eigenvalue weighted by Gasteiger charge is 2.21. The van der Waals surface area contributed by atoms with Crippen molar-refractivity contribution in [2.45, 2.75) is 6.04 Å². The minimum absolute atomic E-state index is 0.257. The number of methoxy groups -OCH3 is 1. The van der Waals surface area contributed by atoms with Gasteiger partial charge in [-0.2, -0.15) is 0 Å². The molecule has 0 aromatic heterocycles. The molecular formula is C17H16FNO2. The number of esters is 1. The number of ether oxygens (including phenoxy) is 1. The Hall–Kier alpha value is -2.62. The maximum absolute atomic E-state index is 13.1. The zero-order valence-corrected chi connectivity index (χ0v) is 11.7. The number of para-hydroxylation sites is 1. The standard InChI is InChI=1S/C17H16FNO2/c1-12(17(20)21-2)16(13-8-10-14(18)11-9-13)19-15-6-4-3-5-7-15/h3-11,16,19H,1H2,2H3. The van der Waals surface area contributed by atoms with Crippen LogP contribution in [0, 0.1) is 5.82 Å². The first kappa shape index (κ1) is 14.8. The van der Waals surface area contributed by atoms with Gasteiger partial charge in [-0.25, -0.2) is 9.18 Å². The Kier molecular flexibility index (Phi) is 4.72. The predicted octanol–water partition coefficient (Wildman–Crippen LogP) is 3.71. The zero-order chi connectivity index (χ0) is 15.2. The number of nitrogens with one attached hydrogen (secondary N) is 1. The number of rotatable bonds is 5. The van der Waals surface area contributed by atoms with Crippen LogP contribution in [0.25, 0.3) is 0 Å². The highest BCUT2D eigenvalue weighted by molar-refractivity contribution is 5.90. The first-order valence-corrected chi connectivity index (χ1v) is 6.46. The van der Waals surface area contributed by atoms with Gasteiger partial charge in [-0.15, -0.1) is 0 Å². The molecule has 0 radical (unpaired) electrons. The first-order valence-electron chi connectivity index (χ1n) is 6.46. The van der Waals surface area contributed by atoms with Crippen LogP contribution >= 0.6 is 0 Å². The quantitative estimate of drug-likeness (QED) is 0.672. The third kappa shape index (κ3) is 3.69. The fourth-order valence-electron chi connectivity index (χ4n) is 1.98. The maximum atomic E-state index is 13.1. The normalized spacial score (nSPS) is 11.5. The van der Waals surface area contributed by atoms with Crippen LogP contribution in [0.4, 0.5) is 10.1 Å². The smallest absolute Gasteiger partial charge is 0.335 e. The Morgan fingerprint density at radius 1 is 1.14 bits per heavy atom. The number of halogens is 1. The van der Waals surface area contributed by atoms with Gasteiger partial charge in [0, 0.05) is 5.69 Å². The number of hydrogen-bond donors (Lipinski definition) is 1. The zero-order valence-electron chi connectivity index (χ0n) is 11.7. The Morgan fingerprint density at radius 2 is 1.76 bits per heavy atom. The summed E-state index contributed by atoms with van der Waals surface area (Å²) in [5.74, 6) is -0.839. The molecule has 0 aliphatic heterocycles. The van der Waals surface area contributed by atoms with Crippen LogP contribution < -0.4 is 5.32 Å². The van der Waals surface area contributed by atoms with Crippen LogP contribution in [0.2, 0.25) is 0 Å². The molecule has 4 heteroatoms. The summed E-state index contributed by atoms with van der Waals surface area (Å²) in [6.45, 7) is 3.79. The molecule has 2 aromatic rings. The lowest BCUT2D eigenvalue weighted by Crippen LogP contribution is -2.19. The van der Waals surface area contributed by atoms with Gasteiger partial charge in [-0.05, 0) is 29.8 Å². The van der Waals surface area contributed by atoms with Gasteiger partial charge < -0.3 is 10.1 Å². The second-order valence-electron chi connectivity index (χ2n) is 4.51. The Bertz CT molecular complexity index is 623. The van der Waals surface area contributed by atoms with E-state index in [9.17, 15) is 9.18 Å². The lowest BCUT2D eigenvalue weighted by molar-refractivity contribution is -0.136. The molecule has 0 saturated carbocycles. The number of hydrogen-bond acceptors (Lipinski definition) is 3. The van der Waals surface area contributed by atoms with Crippen LogP contribution in [0.1, 0.15) is 11.6 Å². The monoisotopic (exact) mass is 285 g/mol. The lowest BCUT2D eigenvalue weighted by Gasteiger charge is -2.21. The Morgan fingerprint density at radius 3 is 2.33 bits per heavy atom. The first-order chi connectivity index (χ1) is 10.1. The van der Waals surface area contributed by atoms with Gasteiger partial charge in [0.25, 0.3) is 0 Å². The van der Waals surface area contributed by atoms with E-state index >= 15 is 0 Å². The largest absolute Gasteiger partial charge is 0.466 e. The molecule has 21 heavy (non-hydrogen) atoms. The molecular weight excluding hydrogens is 269 g/mol. The number of benzene rings is 2. The predicted molar refractivity (Wildman–Crippen MR) is 80.4 cm³/mol. The van der Waals surface area contributed by atoms with Crippen molar-refractivity contribution >= 4 is 11.7 Å². The summed E-state index contributed by atoms with van der Waals surface area (Å²) in [5, 5.41) is 3.21. The number of carbonyl (C=O) groups excluding carboxylic acids is 1. The van der Waals surface area contributed by atoms with Gasteiger partial charge in [-0.3, -0.25) is 0 Å². The van der Waals surface area contributed by atoms with Crippen LogP contribution in [0.3, 0.4) is 0 Å². The molecule has 0 saturated heterocycles. The SMILES string of the molecule is C=C(C(=O)OC)C(Nc1ccccc1)c1ccc(F)cc1. The molecule has 0 heterocycles.